The third kappa shape index (κ3) is 6.30. The van der Waals surface area contributed by atoms with Gasteiger partial charge in [0.15, 0.2) is 0 Å². The maximum atomic E-state index is 12.7. The number of piperidine rings is 1. The van der Waals surface area contributed by atoms with Crippen molar-refractivity contribution in [2.24, 2.45) is 0 Å². The Balaban J connectivity index is 1.51. The molecule has 2 atom stereocenters. The van der Waals surface area contributed by atoms with Crippen LogP contribution < -0.4 is 14.8 Å². The van der Waals surface area contributed by atoms with Gasteiger partial charge in [-0.15, -0.1) is 0 Å². The molecule has 2 heterocycles. The third-order valence-electron chi connectivity index (χ3n) is 5.90. The van der Waals surface area contributed by atoms with E-state index in [-0.39, 0.29) is 12.7 Å². The van der Waals surface area contributed by atoms with Crippen LogP contribution in [0.15, 0.2) is 18.3 Å². The molecule has 2 N–H and O–H groups in total. The van der Waals surface area contributed by atoms with Crippen LogP contribution in [0.2, 0.25) is 0 Å². The van der Waals surface area contributed by atoms with Crippen molar-refractivity contribution in [1.29, 1.82) is 0 Å². The Labute approximate surface area is 181 Å². The Hall–Kier alpha value is -1.43. The van der Waals surface area contributed by atoms with Crippen LogP contribution in [0.5, 0.6) is 5.88 Å². The number of nitrogens with one attached hydrogen (secondary N) is 2. The summed E-state index contributed by atoms with van der Waals surface area (Å²) in [6, 6.07) is 2.59. The van der Waals surface area contributed by atoms with E-state index < -0.39 is 27.6 Å². The Morgan fingerprint density at radius 2 is 1.97 bits per heavy atom. The number of hydrogen-bond donors (Lipinski definition) is 2. The highest BCUT2D eigenvalue weighted by Gasteiger charge is 2.47. The highest BCUT2D eigenvalue weighted by atomic mass is 32.2. The molecule has 1 aliphatic heterocycles. The zero-order chi connectivity index (χ0) is 22.5. The predicted octanol–water partition coefficient (Wildman–Crippen LogP) is 3.08. The third-order valence-corrected chi connectivity index (χ3v) is 7.13. The minimum Gasteiger partial charge on any atom is -0.478 e. The molecule has 2 aliphatic rings. The summed E-state index contributed by atoms with van der Waals surface area (Å²) < 4.78 is 74.6. The average molecular weight is 466 g/mol. The number of nitrogens with zero attached hydrogens (tertiary/aromatic N) is 1. The number of aromatic nitrogens is 1. The molecular weight excluding hydrogens is 435 g/mol. The first kappa shape index (κ1) is 24.2. The van der Waals surface area contributed by atoms with Gasteiger partial charge in [-0.25, -0.2) is 18.1 Å². The summed E-state index contributed by atoms with van der Waals surface area (Å²) in [5, 5.41) is 3.09. The quantitative estimate of drug-likeness (QED) is 0.613. The second-order valence-corrected chi connectivity index (χ2v) is 9.72. The number of sulfonamides is 1. The monoisotopic (exact) mass is 465 g/mol. The molecule has 0 radical (unpaired) electrons. The molecule has 0 bridgehead atoms. The van der Waals surface area contributed by atoms with E-state index in [9.17, 15) is 21.6 Å². The fourth-order valence-electron chi connectivity index (χ4n) is 4.29. The van der Waals surface area contributed by atoms with E-state index in [4.69, 9.17) is 9.47 Å². The summed E-state index contributed by atoms with van der Waals surface area (Å²) in [4.78, 5) is 4.32. The molecule has 1 aromatic heterocycles. The lowest BCUT2D eigenvalue weighted by Crippen LogP contribution is -2.57. The highest BCUT2D eigenvalue weighted by molar-refractivity contribution is 7.90. The van der Waals surface area contributed by atoms with E-state index in [1.807, 2.05) is 19.1 Å². The Morgan fingerprint density at radius 3 is 2.65 bits per heavy atom. The van der Waals surface area contributed by atoms with Crippen LogP contribution in [0, 0.1) is 0 Å². The van der Waals surface area contributed by atoms with Gasteiger partial charge >= 0.3 is 15.5 Å². The molecule has 11 heteroatoms. The SMILES string of the molecule is CCOc1ncccc1C1CCC(OC[C@@H]2NCCC[C@@H]2NS(=O)(=O)C(F)(F)F)CC1. The lowest BCUT2D eigenvalue weighted by molar-refractivity contribution is -0.0457. The van der Waals surface area contributed by atoms with Crippen molar-refractivity contribution >= 4 is 10.0 Å². The first-order valence-electron chi connectivity index (χ1n) is 10.7. The topological polar surface area (TPSA) is 89.6 Å². The molecule has 0 spiro atoms. The van der Waals surface area contributed by atoms with Crippen molar-refractivity contribution in [3.63, 3.8) is 0 Å². The Bertz CT molecular complexity index is 814. The van der Waals surface area contributed by atoms with Gasteiger partial charge in [-0.1, -0.05) is 6.07 Å². The molecule has 1 aliphatic carbocycles. The van der Waals surface area contributed by atoms with E-state index >= 15 is 0 Å². The zero-order valence-electron chi connectivity index (χ0n) is 17.5. The first-order valence-corrected chi connectivity index (χ1v) is 12.2. The van der Waals surface area contributed by atoms with Gasteiger partial charge in [0.25, 0.3) is 0 Å². The number of hydrogen-bond acceptors (Lipinski definition) is 6. The smallest absolute Gasteiger partial charge is 0.478 e. The van der Waals surface area contributed by atoms with E-state index in [1.165, 1.54) is 0 Å². The maximum Gasteiger partial charge on any atom is 0.511 e. The minimum absolute atomic E-state index is 0.00735. The van der Waals surface area contributed by atoms with Gasteiger partial charge in [-0.3, -0.25) is 0 Å². The van der Waals surface area contributed by atoms with E-state index in [0.29, 0.717) is 37.8 Å². The van der Waals surface area contributed by atoms with Crippen LogP contribution in [-0.2, 0) is 14.8 Å². The van der Waals surface area contributed by atoms with Gasteiger partial charge in [0, 0.05) is 23.8 Å². The molecule has 1 saturated heterocycles. The molecule has 1 saturated carbocycles. The van der Waals surface area contributed by atoms with Crippen molar-refractivity contribution in [2.45, 2.75) is 75.1 Å². The van der Waals surface area contributed by atoms with Crippen molar-refractivity contribution in [1.82, 2.24) is 15.0 Å². The van der Waals surface area contributed by atoms with Crippen LogP contribution in [0.4, 0.5) is 13.2 Å². The molecule has 7 nitrogen and oxygen atoms in total. The Kier molecular flexibility index (Phi) is 8.17. The van der Waals surface area contributed by atoms with Crippen molar-refractivity contribution in [3.05, 3.63) is 23.9 Å². The largest absolute Gasteiger partial charge is 0.511 e. The lowest BCUT2D eigenvalue weighted by atomic mass is 9.83. The molecule has 0 aromatic carbocycles. The van der Waals surface area contributed by atoms with Gasteiger partial charge in [0.05, 0.1) is 19.3 Å². The van der Waals surface area contributed by atoms with Gasteiger partial charge < -0.3 is 14.8 Å². The molecule has 3 rings (SSSR count). The molecule has 176 valence electrons. The number of halogens is 3. The van der Waals surface area contributed by atoms with Gasteiger partial charge in [0.1, 0.15) is 0 Å². The number of alkyl halides is 3. The van der Waals surface area contributed by atoms with Crippen molar-refractivity contribution < 1.29 is 31.1 Å². The molecular formula is C20H30F3N3O4S. The normalized spacial score (nSPS) is 27.7. The second-order valence-electron chi connectivity index (χ2n) is 8.01. The standard InChI is InChI=1S/C20H30F3N3O4S/c1-2-29-19-16(5-3-12-25-19)14-7-9-15(10-8-14)30-13-18-17(6-4-11-24-18)26-31(27,28)20(21,22)23/h3,5,12,14-15,17-18,24,26H,2,4,6-11,13H2,1H3/t14?,15?,17-,18-/m0/s1. The Morgan fingerprint density at radius 1 is 1.23 bits per heavy atom. The average Bonchev–Trinajstić information content (AvgIpc) is 2.73. The molecule has 1 aromatic rings. The summed E-state index contributed by atoms with van der Waals surface area (Å²) in [5.41, 5.74) is -4.22. The van der Waals surface area contributed by atoms with E-state index in [2.05, 4.69) is 10.3 Å². The van der Waals surface area contributed by atoms with Crippen LogP contribution >= 0.6 is 0 Å². The van der Waals surface area contributed by atoms with Crippen molar-refractivity contribution in [2.75, 3.05) is 19.8 Å². The first-order chi connectivity index (χ1) is 14.7. The fourth-order valence-corrected chi connectivity index (χ4v) is 5.10. The number of pyridine rings is 1. The molecule has 2 fully saturated rings. The van der Waals surface area contributed by atoms with Gasteiger partial charge in [-0.05, 0) is 64.0 Å². The summed E-state index contributed by atoms with van der Waals surface area (Å²) >= 11 is 0. The van der Waals surface area contributed by atoms with Crippen molar-refractivity contribution in [3.8, 4) is 5.88 Å². The predicted molar refractivity (Wildman–Crippen MR) is 109 cm³/mol. The van der Waals surface area contributed by atoms with Gasteiger partial charge in [-0.2, -0.15) is 13.2 Å². The van der Waals surface area contributed by atoms with Crippen LogP contribution in [0.1, 0.15) is 56.9 Å². The number of ether oxygens (including phenoxy) is 2. The van der Waals surface area contributed by atoms with Gasteiger partial charge in [0.2, 0.25) is 5.88 Å². The summed E-state index contributed by atoms with van der Waals surface area (Å²) in [6.45, 7) is 3.25. The summed E-state index contributed by atoms with van der Waals surface area (Å²) in [7, 11) is -5.38. The second kappa shape index (κ2) is 10.5. The molecule has 31 heavy (non-hydrogen) atoms. The minimum atomic E-state index is -5.38. The fraction of sp³-hybridized carbons (Fsp3) is 0.750. The highest BCUT2D eigenvalue weighted by Crippen LogP contribution is 2.37. The summed E-state index contributed by atoms with van der Waals surface area (Å²) in [6.07, 6.45) is 6.07. The molecule has 0 amide bonds. The number of rotatable bonds is 8. The molecule has 0 unspecified atom stereocenters. The van der Waals surface area contributed by atoms with Crippen LogP contribution in [0.25, 0.3) is 0 Å². The lowest BCUT2D eigenvalue weighted by Gasteiger charge is -2.35. The van der Waals surface area contributed by atoms with E-state index in [0.717, 1.165) is 31.2 Å². The maximum absolute atomic E-state index is 12.7. The van der Waals surface area contributed by atoms with Crippen LogP contribution in [0.3, 0.4) is 0 Å². The zero-order valence-corrected chi connectivity index (χ0v) is 18.3. The summed E-state index contributed by atoms with van der Waals surface area (Å²) in [5.74, 6) is 0.995. The van der Waals surface area contributed by atoms with Crippen LogP contribution in [-0.4, -0.2) is 56.9 Å². The van der Waals surface area contributed by atoms with E-state index in [1.54, 1.807) is 10.9 Å².